The molecule has 0 aliphatic carbocycles. The van der Waals surface area contributed by atoms with E-state index in [4.69, 9.17) is 14.7 Å². The van der Waals surface area contributed by atoms with Crippen molar-refractivity contribution in [2.24, 2.45) is 0 Å². The van der Waals surface area contributed by atoms with E-state index in [0.29, 0.717) is 17.5 Å². The van der Waals surface area contributed by atoms with Crippen molar-refractivity contribution in [3.8, 4) is 11.3 Å². The minimum atomic E-state index is 0.295. The molecule has 3 aromatic rings. The Kier molecular flexibility index (Phi) is 1.73. The maximum absolute atomic E-state index is 5.47. The van der Waals surface area contributed by atoms with Gasteiger partial charge in [-0.1, -0.05) is 11.2 Å². The largest absolute Gasteiger partial charge is 0.441 e. The van der Waals surface area contributed by atoms with Crippen LogP contribution in [0.5, 0.6) is 0 Å². The lowest BCUT2D eigenvalue weighted by atomic mass is 10.1. The van der Waals surface area contributed by atoms with E-state index in [1.807, 2.05) is 25.1 Å². The van der Waals surface area contributed by atoms with Crippen LogP contribution in [0.1, 0.15) is 5.89 Å². The molecule has 2 N–H and O–H groups in total. The summed E-state index contributed by atoms with van der Waals surface area (Å²) in [5.74, 6) is 0.940. The molecule has 0 fully saturated rings. The Hall–Kier alpha value is -2.30. The summed E-state index contributed by atoms with van der Waals surface area (Å²) < 4.78 is 10.3. The van der Waals surface area contributed by atoms with Crippen LogP contribution in [-0.4, -0.2) is 10.1 Å². The zero-order chi connectivity index (χ0) is 11.1. The maximum atomic E-state index is 5.47. The molecule has 0 aliphatic heterocycles. The number of aryl methyl sites for hydroxylation is 1. The standard InChI is InChI=1S/C11H9N3O2/c1-6-13-8-3-2-7(4-10(8)15-6)9-5-11(12)16-14-9/h2-5H,12H2,1H3. The molecule has 5 heteroatoms. The van der Waals surface area contributed by atoms with Crippen molar-refractivity contribution in [1.29, 1.82) is 0 Å². The SMILES string of the molecule is Cc1nc2ccc(-c3cc(N)on3)cc2o1. The van der Waals surface area contributed by atoms with Crippen molar-refractivity contribution in [1.82, 2.24) is 10.1 Å². The zero-order valence-electron chi connectivity index (χ0n) is 8.60. The number of fused-ring (bicyclic) bond motifs is 1. The Morgan fingerprint density at radius 2 is 2.12 bits per heavy atom. The molecule has 80 valence electrons. The molecular formula is C11H9N3O2. The average molecular weight is 215 g/mol. The first-order valence-electron chi connectivity index (χ1n) is 4.82. The monoisotopic (exact) mass is 215 g/mol. The Labute approximate surface area is 90.9 Å². The molecule has 0 bridgehead atoms. The minimum absolute atomic E-state index is 0.295. The summed E-state index contributed by atoms with van der Waals surface area (Å²) in [7, 11) is 0. The van der Waals surface area contributed by atoms with Gasteiger partial charge in [0, 0.05) is 18.6 Å². The summed E-state index contributed by atoms with van der Waals surface area (Å²) in [6.07, 6.45) is 0. The third-order valence-electron chi connectivity index (χ3n) is 2.32. The number of hydrogen-bond donors (Lipinski definition) is 1. The predicted octanol–water partition coefficient (Wildman–Crippen LogP) is 2.37. The Bertz CT molecular complexity index is 654. The maximum Gasteiger partial charge on any atom is 0.222 e. The van der Waals surface area contributed by atoms with E-state index in [0.717, 1.165) is 16.7 Å². The fraction of sp³-hybridized carbons (Fsp3) is 0.0909. The van der Waals surface area contributed by atoms with Crippen LogP contribution >= 0.6 is 0 Å². The van der Waals surface area contributed by atoms with Gasteiger partial charge in [-0.2, -0.15) is 0 Å². The van der Waals surface area contributed by atoms with Gasteiger partial charge in [0.15, 0.2) is 11.5 Å². The highest BCUT2D eigenvalue weighted by Crippen LogP contribution is 2.25. The van der Waals surface area contributed by atoms with Crippen LogP contribution < -0.4 is 5.73 Å². The third kappa shape index (κ3) is 1.33. The first-order chi connectivity index (χ1) is 7.72. The molecule has 3 rings (SSSR count). The number of nitrogen functional groups attached to an aromatic ring is 1. The van der Waals surface area contributed by atoms with Crippen LogP contribution in [0.4, 0.5) is 5.88 Å². The lowest BCUT2D eigenvalue weighted by Gasteiger charge is -1.93. The van der Waals surface area contributed by atoms with Crippen molar-refractivity contribution in [3.63, 3.8) is 0 Å². The molecular weight excluding hydrogens is 206 g/mol. The average Bonchev–Trinajstić information content (AvgIpc) is 2.81. The van der Waals surface area contributed by atoms with Gasteiger partial charge >= 0.3 is 0 Å². The molecule has 0 unspecified atom stereocenters. The van der Waals surface area contributed by atoms with Crippen LogP contribution in [-0.2, 0) is 0 Å². The number of benzene rings is 1. The first-order valence-corrected chi connectivity index (χ1v) is 4.82. The van der Waals surface area contributed by atoms with Crippen molar-refractivity contribution in [2.45, 2.75) is 6.92 Å². The number of nitrogens with two attached hydrogens (primary N) is 1. The summed E-state index contributed by atoms with van der Waals surface area (Å²) in [6.45, 7) is 1.81. The van der Waals surface area contributed by atoms with Gasteiger partial charge in [0.05, 0.1) is 0 Å². The Morgan fingerprint density at radius 1 is 1.25 bits per heavy atom. The molecule has 2 heterocycles. The molecule has 16 heavy (non-hydrogen) atoms. The highest BCUT2D eigenvalue weighted by Gasteiger charge is 2.07. The van der Waals surface area contributed by atoms with Crippen molar-refractivity contribution in [3.05, 3.63) is 30.2 Å². The van der Waals surface area contributed by atoms with Crippen molar-refractivity contribution in [2.75, 3.05) is 5.73 Å². The zero-order valence-corrected chi connectivity index (χ0v) is 8.60. The number of oxazole rings is 1. The Morgan fingerprint density at radius 3 is 2.88 bits per heavy atom. The molecule has 0 aliphatic rings. The molecule has 0 saturated heterocycles. The lowest BCUT2D eigenvalue weighted by molar-refractivity contribution is 0.439. The molecule has 0 saturated carbocycles. The predicted molar refractivity (Wildman–Crippen MR) is 58.7 cm³/mol. The van der Waals surface area contributed by atoms with E-state index < -0.39 is 0 Å². The molecule has 0 radical (unpaired) electrons. The van der Waals surface area contributed by atoms with E-state index in [-0.39, 0.29) is 0 Å². The fourth-order valence-electron chi connectivity index (χ4n) is 1.62. The minimum Gasteiger partial charge on any atom is -0.441 e. The van der Waals surface area contributed by atoms with Gasteiger partial charge in [-0.15, -0.1) is 0 Å². The van der Waals surface area contributed by atoms with Gasteiger partial charge in [0.25, 0.3) is 0 Å². The quantitative estimate of drug-likeness (QED) is 0.674. The van der Waals surface area contributed by atoms with E-state index in [9.17, 15) is 0 Å². The number of anilines is 1. The molecule has 2 aromatic heterocycles. The van der Waals surface area contributed by atoms with Gasteiger partial charge in [-0.25, -0.2) is 4.98 Å². The smallest absolute Gasteiger partial charge is 0.222 e. The second kappa shape index (κ2) is 3.10. The van der Waals surface area contributed by atoms with Crippen molar-refractivity contribution >= 4 is 17.0 Å². The van der Waals surface area contributed by atoms with Gasteiger partial charge in [0.2, 0.25) is 5.88 Å². The van der Waals surface area contributed by atoms with Gasteiger partial charge in [-0.3, -0.25) is 0 Å². The number of aromatic nitrogens is 2. The fourth-order valence-corrected chi connectivity index (χ4v) is 1.62. The van der Waals surface area contributed by atoms with E-state index in [1.54, 1.807) is 6.07 Å². The highest BCUT2D eigenvalue weighted by atomic mass is 16.5. The molecule has 0 atom stereocenters. The van der Waals surface area contributed by atoms with E-state index in [2.05, 4.69) is 10.1 Å². The van der Waals surface area contributed by atoms with Crippen LogP contribution in [0.15, 0.2) is 33.2 Å². The molecule has 0 amide bonds. The summed E-state index contributed by atoms with van der Waals surface area (Å²) in [5.41, 5.74) is 8.61. The normalized spacial score (nSPS) is 11.1. The second-order valence-electron chi connectivity index (χ2n) is 3.53. The van der Waals surface area contributed by atoms with E-state index >= 15 is 0 Å². The summed E-state index contributed by atoms with van der Waals surface area (Å²) in [6, 6.07) is 7.32. The Balaban J connectivity index is 2.17. The van der Waals surface area contributed by atoms with Crippen LogP contribution in [0, 0.1) is 6.92 Å². The van der Waals surface area contributed by atoms with E-state index in [1.165, 1.54) is 0 Å². The summed E-state index contributed by atoms with van der Waals surface area (Å²) in [4.78, 5) is 4.22. The summed E-state index contributed by atoms with van der Waals surface area (Å²) >= 11 is 0. The highest BCUT2D eigenvalue weighted by molar-refractivity contribution is 5.79. The molecule has 5 nitrogen and oxygen atoms in total. The molecule has 0 spiro atoms. The summed E-state index contributed by atoms with van der Waals surface area (Å²) in [5, 5.41) is 3.84. The lowest BCUT2D eigenvalue weighted by Crippen LogP contribution is -1.77. The third-order valence-corrected chi connectivity index (χ3v) is 2.32. The molecule has 1 aromatic carbocycles. The van der Waals surface area contributed by atoms with Crippen LogP contribution in [0.2, 0.25) is 0 Å². The van der Waals surface area contributed by atoms with Crippen LogP contribution in [0.25, 0.3) is 22.4 Å². The number of rotatable bonds is 1. The van der Waals surface area contributed by atoms with Gasteiger partial charge in [0.1, 0.15) is 11.2 Å². The van der Waals surface area contributed by atoms with Gasteiger partial charge in [-0.05, 0) is 12.1 Å². The van der Waals surface area contributed by atoms with Crippen molar-refractivity contribution < 1.29 is 8.94 Å². The second-order valence-corrected chi connectivity index (χ2v) is 3.53. The first kappa shape index (κ1) is 8.96. The number of nitrogens with zero attached hydrogens (tertiary/aromatic N) is 2. The topological polar surface area (TPSA) is 78.1 Å². The van der Waals surface area contributed by atoms with Crippen LogP contribution in [0.3, 0.4) is 0 Å². The number of hydrogen-bond acceptors (Lipinski definition) is 5. The van der Waals surface area contributed by atoms with Gasteiger partial charge < -0.3 is 14.7 Å².